The number of aromatic amines is 3. The first-order valence-corrected chi connectivity index (χ1v) is 13.4. The van der Waals surface area contributed by atoms with Crippen LogP contribution in [-0.4, -0.2) is 107 Å². The summed E-state index contributed by atoms with van der Waals surface area (Å²) >= 11 is 0. The Labute approximate surface area is 250 Å². The summed E-state index contributed by atoms with van der Waals surface area (Å²) in [6, 6.07) is 1.20. The van der Waals surface area contributed by atoms with E-state index in [0.29, 0.717) is 17.0 Å². The first-order valence-electron chi connectivity index (χ1n) is 13.4. The van der Waals surface area contributed by atoms with Gasteiger partial charge in [-0.25, -0.2) is 24.7 Å². The van der Waals surface area contributed by atoms with E-state index in [4.69, 9.17) is 31.2 Å². The van der Waals surface area contributed by atoms with E-state index in [-0.39, 0.29) is 43.2 Å². The minimum atomic E-state index is -0.811. The van der Waals surface area contributed by atoms with Crippen molar-refractivity contribution in [1.29, 1.82) is 0 Å². The van der Waals surface area contributed by atoms with E-state index < -0.39 is 53.7 Å². The Morgan fingerprint density at radius 3 is 2.18 bits per heavy atom. The zero-order chi connectivity index (χ0) is 32.2. The lowest BCUT2D eigenvalue weighted by atomic mass is 10.2. The summed E-state index contributed by atoms with van der Waals surface area (Å²) in [4.78, 5) is 60.7. The summed E-state index contributed by atoms with van der Waals surface area (Å²) in [7, 11) is 0. The van der Waals surface area contributed by atoms with Crippen LogP contribution >= 0.6 is 0 Å². The molecular weight excluding hydrogens is 600 g/mol. The Balaban J connectivity index is 0.000000140. The number of H-pyrrole nitrogens is 3. The van der Waals surface area contributed by atoms with Crippen LogP contribution < -0.4 is 28.3 Å². The molecular formula is C24H30N12O9. The van der Waals surface area contributed by atoms with Crippen LogP contribution in [0.1, 0.15) is 25.3 Å². The molecule has 0 aliphatic carbocycles. The van der Waals surface area contributed by atoms with Crippen LogP contribution in [0.4, 0.5) is 11.8 Å². The topological polar surface area (TPSA) is 324 Å². The third kappa shape index (κ3) is 6.72. The Bertz CT molecular complexity index is 1930. The normalized spacial score (nSPS) is 24.3. The number of hydrogen-bond donors (Lipinski definition) is 9. The molecule has 0 amide bonds. The number of nitrogens with one attached hydrogen (secondary N) is 3. The van der Waals surface area contributed by atoms with Gasteiger partial charge in [0.05, 0.1) is 38.1 Å². The molecule has 21 heteroatoms. The van der Waals surface area contributed by atoms with Crippen molar-refractivity contribution in [3.05, 3.63) is 62.4 Å². The standard InChI is InChI=1S/C10H13N5O4.C9H12N2O5.C5H5N5/c11-10-13-8-7(9(18)14-10)12-3-15(8)6-1-4(17)5(2-16)19-6;12-4-6-5(13)3-8(16-6)11-2-1-7(14)10-9(11)15;6-4-3-5(9-1-7-3)10-2-8-4/h3-6,16-17H,1-2H2,(H3,11,13,14,18);1-2,5-6,8,12-13H,3-4H2,(H,10,14,15);1-2H,(H3,6,7,8,9,10)/t4-,5+,6+;5-,6+,8+;/m00./s1. The minimum absolute atomic E-state index is 0.0171. The van der Waals surface area contributed by atoms with Crippen LogP contribution in [0, 0.1) is 0 Å². The van der Waals surface area contributed by atoms with Gasteiger partial charge in [-0.3, -0.25) is 28.7 Å². The summed E-state index contributed by atoms with van der Waals surface area (Å²) < 4.78 is 13.5. The van der Waals surface area contributed by atoms with Crippen LogP contribution in [-0.2, 0) is 9.47 Å². The molecule has 2 saturated heterocycles. The lowest BCUT2D eigenvalue weighted by Crippen LogP contribution is -2.31. The molecule has 0 saturated carbocycles. The third-order valence-corrected chi connectivity index (χ3v) is 6.94. The molecule has 2 fully saturated rings. The van der Waals surface area contributed by atoms with E-state index in [1.54, 1.807) is 0 Å². The molecule has 240 valence electrons. The van der Waals surface area contributed by atoms with E-state index in [1.807, 2.05) is 0 Å². The molecule has 7 rings (SSSR count). The predicted molar refractivity (Wildman–Crippen MR) is 153 cm³/mol. The van der Waals surface area contributed by atoms with Crippen molar-refractivity contribution in [3.8, 4) is 0 Å². The molecule has 0 spiro atoms. The van der Waals surface area contributed by atoms with Crippen molar-refractivity contribution in [3.63, 3.8) is 0 Å². The highest BCUT2D eigenvalue weighted by molar-refractivity contribution is 5.80. The minimum Gasteiger partial charge on any atom is -0.394 e. The number of aromatic nitrogens is 10. The third-order valence-electron chi connectivity index (χ3n) is 6.94. The Morgan fingerprint density at radius 1 is 0.911 bits per heavy atom. The number of aliphatic hydroxyl groups is 4. The van der Waals surface area contributed by atoms with Gasteiger partial charge >= 0.3 is 5.69 Å². The quantitative estimate of drug-likeness (QED) is 0.0928. The molecule has 5 aromatic heterocycles. The molecule has 0 bridgehead atoms. The second-order valence-electron chi connectivity index (χ2n) is 9.88. The number of aliphatic hydroxyl groups excluding tert-OH is 4. The molecule has 0 radical (unpaired) electrons. The molecule has 21 nitrogen and oxygen atoms in total. The van der Waals surface area contributed by atoms with Gasteiger partial charge in [-0.05, 0) is 0 Å². The molecule has 2 aliphatic rings. The van der Waals surface area contributed by atoms with Crippen LogP contribution in [0.3, 0.4) is 0 Å². The van der Waals surface area contributed by atoms with Crippen LogP contribution in [0.15, 0.2) is 45.6 Å². The number of nitrogens with zero attached hydrogens (tertiary/aromatic N) is 7. The molecule has 2 aliphatic heterocycles. The average Bonchev–Trinajstić information content (AvgIpc) is 3.80. The fourth-order valence-corrected chi connectivity index (χ4v) is 4.69. The van der Waals surface area contributed by atoms with Gasteiger partial charge in [0.2, 0.25) is 5.95 Å². The fourth-order valence-electron chi connectivity index (χ4n) is 4.69. The molecule has 0 aromatic carbocycles. The van der Waals surface area contributed by atoms with E-state index in [1.165, 1.54) is 40.4 Å². The maximum atomic E-state index is 11.6. The summed E-state index contributed by atoms with van der Waals surface area (Å²) in [6.07, 6.45) is 2.01. The van der Waals surface area contributed by atoms with Crippen molar-refractivity contribution in [1.82, 2.24) is 49.0 Å². The van der Waals surface area contributed by atoms with Gasteiger partial charge in [0.15, 0.2) is 22.6 Å². The van der Waals surface area contributed by atoms with Crippen molar-refractivity contribution < 1.29 is 29.9 Å². The zero-order valence-electron chi connectivity index (χ0n) is 23.3. The zero-order valence-corrected chi connectivity index (χ0v) is 23.3. The van der Waals surface area contributed by atoms with Crippen LogP contribution in [0.5, 0.6) is 0 Å². The van der Waals surface area contributed by atoms with Gasteiger partial charge in [0.25, 0.3) is 11.1 Å². The van der Waals surface area contributed by atoms with Gasteiger partial charge in [-0.15, -0.1) is 0 Å². The van der Waals surface area contributed by atoms with Crippen LogP contribution in [0.2, 0.25) is 0 Å². The highest BCUT2D eigenvalue weighted by Gasteiger charge is 2.36. The smallest absolute Gasteiger partial charge is 0.330 e. The van der Waals surface area contributed by atoms with E-state index in [0.717, 1.165) is 0 Å². The number of nitrogens with two attached hydrogens (primary N) is 2. The molecule has 45 heavy (non-hydrogen) atoms. The lowest BCUT2D eigenvalue weighted by molar-refractivity contribution is -0.0459. The maximum absolute atomic E-state index is 11.6. The number of hydrogen-bond acceptors (Lipinski definition) is 16. The number of anilines is 2. The van der Waals surface area contributed by atoms with Gasteiger partial charge in [-0.1, -0.05) is 0 Å². The van der Waals surface area contributed by atoms with E-state index >= 15 is 0 Å². The lowest BCUT2D eigenvalue weighted by Gasteiger charge is -2.13. The van der Waals surface area contributed by atoms with Gasteiger partial charge in [0.1, 0.15) is 36.5 Å². The summed E-state index contributed by atoms with van der Waals surface area (Å²) in [5.41, 5.74) is 11.2. The second-order valence-corrected chi connectivity index (χ2v) is 9.88. The monoisotopic (exact) mass is 630 g/mol. The number of rotatable bonds is 4. The van der Waals surface area contributed by atoms with Crippen molar-refractivity contribution in [2.45, 2.75) is 49.7 Å². The number of nitrogen functional groups attached to an aromatic ring is 2. The van der Waals surface area contributed by atoms with Crippen LogP contribution in [0.25, 0.3) is 22.3 Å². The van der Waals surface area contributed by atoms with E-state index in [2.05, 4.69) is 39.9 Å². The van der Waals surface area contributed by atoms with Gasteiger partial charge in [-0.2, -0.15) is 4.98 Å². The van der Waals surface area contributed by atoms with Crippen molar-refractivity contribution >= 4 is 34.1 Å². The van der Waals surface area contributed by atoms with Gasteiger partial charge < -0.3 is 46.4 Å². The second kappa shape index (κ2) is 13.3. The Morgan fingerprint density at radius 2 is 1.58 bits per heavy atom. The SMILES string of the molecule is Nc1nc2c(ncn2[C@H]2C[C@H](O)[C@@H](CO)O2)c(=O)[nH]1.Nc1ncnc2nc[nH]c12.O=c1ccn([C@H]2C[C@H](O)[C@@H](CO)O2)c(=O)[nH]1. The predicted octanol–water partition coefficient (Wildman–Crippen LogP) is -3.55. The number of ether oxygens (including phenoxy) is 2. The Hall–Kier alpha value is -5.06. The molecule has 7 heterocycles. The summed E-state index contributed by atoms with van der Waals surface area (Å²) in [5, 5.41) is 37.1. The Kier molecular flexibility index (Phi) is 9.26. The molecule has 0 unspecified atom stereocenters. The van der Waals surface area contributed by atoms with E-state index in [9.17, 15) is 24.6 Å². The summed E-state index contributed by atoms with van der Waals surface area (Å²) in [6.45, 7) is -0.587. The first-order chi connectivity index (χ1) is 21.6. The van der Waals surface area contributed by atoms with Crippen molar-refractivity contribution in [2.24, 2.45) is 0 Å². The number of fused-ring (bicyclic) bond motifs is 2. The highest BCUT2D eigenvalue weighted by atomic mass is 16.5. The molecule has 5 aromatic rings. The fraction of sp³-hybridized carbons (Fsp3) is 0.417. The largest absolute Gasteiger partial charge is 0.394 e. The summed E-state index contributed by atoms with van der Waals surface area (Å²) in [5.74, 6) is 0.416. The number of imidazole rings is 2. The molecule has 11 N–H and O–H groups in total. The average molecular weight is 631 g/mol. The van der Waals surface area contributed by atoms with Crippen molar-refractivity contribution in [2.75, 3.05) is 24.7 Å². The molecule has 6 atom stereocenters. The highest BCUT2D eigenvalue weighted by Crippen LogP contribution is 2.30. The maximum Gasteiger partial charge on any atom is 0.330 e. The first kappa shape index (κ1) is 31.4. The van der Waals surface area contributed by atoms with Gasteiger partial charge in [0, 0.05) is 25.1 Å².